The molecule has 0 aromatic heterocycles. The van der Waals surface area contributed by atoms with Crippen molar-refractivity contribution >= 4 is 16.1 Å². The molecule has 1 aromatic rings. The molecule has 0 amide bonds. The van der Waals surface area contributed by atoms with Crippen molar-refractivity contribution in [3.8, 4) is 0 Å². The Morgan fingerprint density at radius 1 is 1.25 bits per heavy atom. The van der Waals surface area contributed by atoms with E-state index in [0.29, 0.717) is 0 Å². The molecule has 0 bridgehead atoms. The van der Waals surface area contributed by atoms with Crippen molar-refractivity contribution in [2.75, 3.05) is 0 Å². The zero-order valence-corrected chi connectivity index (χ0v) is 9.78. The van der Waals surface area contributed by atoms with Gasteiger partial charge in [-0.3, -0.25) is 4.89 Å². The second-order valence-electron chi connectivity index (χ2n) is 3.14. The molecule has 0 heterocycles. The summed E-state index contributed by atoms with van der Waals surface area (Å²) < 4.78 is 27.1. The SMILES string of the molecule is CCC(=O)OOS(=O)(=O)c1ccc(C)cc1. The second kappa shape index (κ2) is 5.09. The van der Waals surface area contributed by atoms with Crippen LogP contribution in [-0.2, 0) is 24.1 Å². The molecule has 0 saturated heterocycles. The van der Waals surface area contributed by atoms with Gasteiger partial charge in [0.25, 0.3) is 0 Å². The third kappa shape index (κ3) is 3.32. The molecule has 6 heteroatoms. The largest absolute Gasteiger partial charge is 0.343 e. The number of carbonyl (C=O) groups is 1. The number of carbonyl (C=O) groups excluding carboxylic acids is 1. The van der Waals surface area contributed by atoms with Crippen molar-refractivity contribution in [2.24, 2.45) is 0 Å². The van der Waals surface area contributed by atoms with Gasteiger partial charge in [-0.05, 0) is 23.4 Å². The van der Waals surface area contributed by atoms with Gasteiger partial charge in [-0.15, -0.1) is 0 Å². The lowest BCUT2D eigenvalue weighted by atomic mass is 10.2. The quantitative estimate of drug-likeness (QED) is 0.594. The second-order valence-corrected chi connectivity index (χ2v) is 4.66. The Hall–Kier alpha value is -1.40. The average Bonchev–Trinajstić information content (AvgIpc) is 2.26. The highest BCUT2D eigenvalue weighted by Gasteiger charge is 2.18. The Labute approximate surface area is 94.0 Å². The Kier molecular flexibility index (Phi) is 4.03. The van der Waals surface area contributed by atoms with E-state index in [0.717, 1.165) is 5.56 Å². The molecule has 0 spiro atoms. The molecule has 0 radical (unpaired) electrons. The molecular formula is C10H12O5S. The van der Waals surface area contributed by atoms with E-state index in [2.05, 4.69) is 9.22 Å². The Bertz CT molecular complexity index is 460. The van der Waals surface area contributed by atoms with Gasteiger partial charge in [-0.25, -0.2) is 4.79 Å². The molecule has 88 valence electrons. The molecule has 0 aliphatic rings. The van der Waals surface area contributed by atoms with E-state index >= 15 is 0 Å². The maximum atomic E-state index is 11.5. The first-order valence-electron chi connectivity index (χ1n) is 4.66. The highest BCUT2D eigenvalue weighted by Crippen LogP contribution is 2.13. The van der Waals surface area contributed by atoms with E-state index in [1.165, 1.54) is 19.1 Å². The summed E-state index contributed by atoms with van der Waals surface area (Å²) in [4.78, 5) is 14.8. The summed E-state index contributed by atoms with van der Waals surface area (Å²) in [5, 5.41) is 0. The summed E-state index contributed by atoms with van der Waals surface area (Å²) in [6.07, 6.45) is 0.0451. The van der Waals surface area contributed by atoms with E-state index in [4.69, 9.17) is 0 Å². The van der Waals surface area contributed by atoms with Crippen molar-refractivity contribution in [1.82, 2.24) is 0 Å². The van der Waals surface area contributed by atoms with Gasteiger partial charge in [0.1, 0.15) is 0 Å². The molecule has 0 fully saturated rings. The number of benzene rings is 1. The van der Waals surface area contributed by atoms with Crippen LogP contribution in [0.25, 0.3) is 0 Å². The standard InChI is InChI=1S/C10H12O5S/c1-3-10(11)14-15-16(12,13)9-6-4-8(2)5-7-9/h4-7H,3H2,1-2H3. The van der Waals surface area contributed by atoms with Gasteiger partial charge < -0.3 is 0 Å². The molecule has 16 heavy (non-hydrogen) atoms. The van der Waals surface area contributed by atoms with Crippen LogP contribution in [0.2, 0.25) is 0 Å². The summed E-state index contributed by atoms with van der Waals surface area (Å²) >= 11 is 0. The van der Waals surface area contributed by atoms with Crippen LogP contribution < -0.4 is 0 Å². The topological polar surface area (TPSA) is 69.7 Å². The van der Waals surface area contributed by atoms with Crippen molar-refractivity contribution in [3.05, 3.63) is 29.8 Å². The van der Waals surface area contributed by atoms with E-state index in [-0.39, 0.29) is 11.3 Å². The van der Waals surface area contributed by atoms with Crippen LogP contribution in [0.1, 0.15) is 18.9 Å². The smallest absolute Gasteiger partial charge is 0.281 e. The predicted molar refractivity (Wildman–Crippen MR) is 55.8 cm³/mol. The van der Waals surface area contributed by atoms with E-state index in [9.17, 15) is 13.2 Å². The summed E-state index contributed by atoms with van der Waals surface area (Å²) in [7, 11) is -4.03. The van der Waals surface area contributed by atoms with E-state index in [1.54, 1.807) is 12.1 Å². The van der Waals surface area contributed by atoms with Crippen LogP contribution in [0.4, 0.5) is 0 Å². The number of hydrogen-bond acceptors (Lipinski definition) is 5. The van der Waals surface area contributed by atoms with Gasteiger partial charge in [-0.2, -0.15) is 8.42 Å². The summed E-state index contributed by atoms with van der Waals surface area (Å²) in [6.45, 7) is 3.36. The lowest BCUT2D eigenvalue weighted by molar-refractivity contribution is -0.210. The van der Waals surface area contributed by atoms with Crippen molar-refractivity contribution in [2.45, 2.75) is 25.2 Å². The molecule has 0 N–H and O–H groups in total. The first-order valence-corrected chi connectivity index (χ1v) is 6.07. The van der Waals surface area contributed by atoms with Crippen LogP contribution in [-0.4, -0.2) is 14.4 Å². The Morgan fingerprint density at radius 2 is 1.81 bits per heavy atom. The molecule has 0 saturated carbocycles. The lowest BCUT2D eigenvalue weighted by Gasteiger charge is -2.03. The lowest BCUT2D eigenvalue weighted by Crippen LogP contribution is -2.11. The zero-order chi connectivity index (χ0) is 12.2. The molecule has 0 aliphatic heterocycles. The third-order valence-electron chi connectivity index (χ3n) is 1.81. The van der Waals surface area contributed by atoms with E-state index < -0.39 is 16.1 Å². The maximum Gasteiger partial charge on any atom is 0.343 e. The summed E-state index contributed by atoms with van der Waals surface area (Å²) in [5.41, 5.74) is 0.921. The summed E-state index contributed by atoms with van der Waals surface area (Å²) in [6, 6.07) is 6.00. The maximum absolute atomic E-state index is 11.5. The highest BCUT2D eigenvalue weighted by molar-refractivity contribution is 7.86. The fraction of sp³-hybridized carbons (Fsp3) is 0.300. The molecule has 1 aromatic carbocycles. The van der Waals surface area contributed by atoms with Gasteiger partial charge in [0.2, 0.25) is 0 Å². The fourth-order valence-electron chi connectivity index (χ4n) is 0.886. The van der Waals surface area contributed by atoms with Gasteiger partial charge in [0.15, 0.2) is 0 Å². The Morgan fingerprint density at radius 3 is 2.31 bits per heavy atom. The minimum absolute atomic E-state index is 0.0451. The van der Waals surface area contributed by atoms with Crippen LogP contribution >= 0.6 is 0 Å². The van der Waals surface area contributed by atoms with E-state index in [1.807, 2.05) is 6.92 Å². The summed E-state index contributed by atoms with van der Waals surface area (Å²) in [5.74, 6) is -0.740. The molecule has 0 aliphatic carbocycles. The minimum atomic E-state index is -4.03. The van der Waals surface area contributed by atoms with Crippen molar-refractivity contribution in [1.29, 1.82) is 0 Å². The molecule has 0 unspecified atom stereocenters. The third-order valence-corrected chi connectivity index (χ3v) is 2.91. The van der Waals surface area contributed by atoms with Gasteiger partial charge in [0, 0.05) is 6.42 Å². The van der Waals surface area contributed by atoms with Crippen molar-refractivity contribution < 1.29 is 22.4 Å². The normalized spacial score (nSPS) is 11.1. The monoisotopic (exact) mass is 244 g/mol. The van der Waals surface area contributed by atoms with Crippen molar-refractivity contribution in [3.63, 3.8) is 0 Å². The van der Waals surface area contributed by atoms with Crippen LogP contribution in [0, 0.1) is 6.92 Å². The zero-order valence-electron chi connectivity index (χ0n) is 8.97. The Balaban J connectivity index is 2.78. The molecule has 0 atom stereocenters. The molecule has 5 nitrogen and oxygen atoms in total. The number of hydrogen-bond donors (Lipinski definition) is 0. The average molecular weight is 244 g/mol. The number of rotatable bonds is 4. The predicted octanol–water partition coefficient (Wildman–Crippen LogP) is 1.57. The first-order chi connectivity index (χ1) is 7.45. The van der Waals surface area contributed by atoms with Crippen LogP contribution in [0.5, 0.6) is 0 Å². The van der Waals surface area contributed by atoms with Gasteiger partial charge in [0.05, 0.1) is 4.90 Å². The number of aryl methyl sites for hydroxylation is 1. The van der Waals surface area contributed by atoms with Crippen LogP contribution in [0.15, 0.2) is 29.2 Å². The molecular weight excluding hydrogens is 232 g/mol. The molecule has 1 rings (SSSR count). The van der Waals surface area contributed by atoms with Crippen LogP contribution in [0.3, 0.4) is 0 Å². The fourth-order valence-corrected chi connectivity index (χ4v) is 1.60. The van der Waals surface area contributed by atoms with Gasteiger partial charge in [-0.1, -0.05) is 24.6 Å². The minimum Gasteiger partial charge on any atom is -0.281 e. The first kappa shape index (κ1) is 12.7. The highest BCUT2D eigenvalue weighted by atomic mass is 32.2. The van der Waals surface area contributed by atoms with Gasteiger partial charge >= 0.3 is 16.1 Å².